The van der Waals surface area contributed by atoms with E-state index in [2.05, 4.69) is 6.07 Å². The number of aryl methyl sites for hydroxylation is 2. The fourth-order valence-electron chi connectivity index (χ4n) is 1.70. The molecule has 1 unspecified atom stereocenters. The van der Waals surface area contributed by atoms with Crippen LogP contribution in [0.1, 0.15) is 17.5 Å². The number of nitrogens with zero attached hydrogens (tertiary/aromatic N) is 2. The maximum absolute atomic E-state index is 8.76. The van der Waals surface area contributed by atoms with Gasteiger partial charge in [-0.2, -0.15) is 5.26 Å². The summed E-state index contributed by atoms with van der Waals surface area (Å²) in [4.78, 5) is 2.02. The van der Waals surface area contributed by atoms with Crippen molar-refractivity contribution in [2.24, 2.45) is 0 Å². The quantitative estimate of drug-likeness (QED) is 0.782. The number of para-hydroxylation sites is 1. The van der Waals surface area contributed by atoms with Crippen molar-refractivity contribution in [1.82, 2.24) is 4.90 Å². The minimum absolute atomic E-state index is 0.138. The molecule has 92 valence electrons. The van der Waals surface area contributed by atoms with Gasteiger partial charge in [0, 0.05) is 0 Å². The molecule has 1 atom stereocenters. The summed E-state index contributed by atoms with van der Waals surface area (Å²) in [6.07, 6.45) is 0.484. The maximum Gasteiger partial charge on any atom is 0.125 e. The third-order valence-electron chi connectivity index (χ3n) is 2.89. The summed E-state index contributed by atoms with van der Waals surface area (Å²) >= 11 is 0. The first-order valence-electron chi connectivity index (χ1n) is 5.78. The Balaban J connectivity index is 2.69. The third-order valence-corrected chi connectivity index (χ3v) is 2.89. The number of likely N-dealkylation sites (N-methyl/N-ethyl adjacent to an activating group) is 1. The summed E-state index contributed by atoms with van der Waals surface area (Å²) in [5.74, 6) is 0.942. The highest BCUT2D eigenvalue weighted by molar-refractivity contribution is 5.39. The molecule has 3 heteroatoms. The van der Waals surface area contributed by atoms with Crippen LogP contribution in [0.5, 0.6) is 5.75 Å². The van der Waals surface area contributed by atoms with Crippen LogP contribution in [0.25, 0.3) is 0 Å². The average molecular weight is 232 g/mol. The zero-order valence-corrected chi connectivity index (χ0v) is 11.0. The van der Waals surface area contributed by atoms with Gasteiger partial charge in [-0.05, 0) is 39.1 Å². The molecule has 0 aromatic heterocycles. The number of nitriles is 1. The largest absolute Gasteiger partial charge is 0.491 e. The number of rotatable bonds is 5. The zero-order chi connectivity index (χ0) is 12.8. The smallest absolute Gasteiger partial charge is 0.125 e. The van der Waals surface area contributed by atoms with Crippen LogP contribution < -0.4 is 4.74 Å². The molecule has 0 heterocycles. The van der Waals surface area contributed by atoms with Crippen LogP contribution in [0.15, 0.2) is 18.2 Å². The van der Waals surface area contributed by atoms with E-state index in [1.807, 2.05) is 51.0 Å². The first kappa shape index (κ1) is 13.5. The molecule has 0 N–H and O–H groups in total. The van der Waals surface area contributed by atoms with E-state index in [0.717, 1.165) is 16.9 Å². The predicted molar refractivity (Wildman–Crippen MR) is 69.1 cm³/mol. The fourth-order valence-corrected chi connectivity index (χ4v) is 1.70. The second kappa shape index (κ2) is 6.27. The summed E-state index contributed by atoms with van der Waals surface area (Å²) in [6.45, 7) is 4.63. The lowest BCUT2D eigenvalue weighted by molar-refractivity contribution is 0.186. The van der Waals surface area contributed by atoms with Gasteiger partial charge in [0.1, 0.15) is 12.4 Å². The lowest BCUT2D eigenvalue weighted by Gasteiger charge is -2.23. The highest BCUT2D eigenvalue weighted by Crippen LogP contribution is 2.22. The summed E-state index contributed by atoms with van der Waals surface area (Å²) in [5.41, 5.74) is 2.28. The fraction of sp³-hybridized carbons (Fsp3) is 0.500. The Kier molecular flexibility index (Phi) is 4.99. The summed E-state index contributed by atoms with van der Waals surface area (Å²) in [5, 5.41) is 8.76. The van der Waals surface area contributed by atoms with Crippen LogP contribution >= 0.6 is 0 Å². The van der Waals surface area contributed by atoms with Gasteiger partial charge in [-0.3, -0.25) is 0 Å². The monoisotopic (exact) mass is 232 g/mol. The molecule has 0 saturated heterocycles. The molecule has 0 saturated carbocycles. The van der Waals surface area contributed by atoms with E-state index < -0.39 is 0 Å². The Labute approximate surface area is 104 Å². The lowest BCUT2D eigenvalue weighted by atomic mass is 10.1. The van der Waals surface area contributed by atoms with Crippen molar-refractivity contribution < 1.29 is 4.74 Å². The molecule has 0 bridgehead atoms. The first-order chi connectivity index (χ1) is 8.06. The Morgan fingerprint density at radius 1 is 1.29 bits per heavy atom. The van der Waals surface area contributed by atoms with E-state index in [-0.39, 0.29) is 6.04 Å². The number of hydrogen-bond acceptors (Lipinski definition) is 3. The Morgan fingerprint density at radius 3 is 2.35 bits per heavy atom. The molecule has 1 rings (SSSR count). The molecule has 0 aliphatic carbocycles. The van der Waals surface area contributed by atoms with Gasteiger partial charge < -0.3 is 9.64 Å². The summed E-state index contributed by atoms with van der Waals surface area (Å²) in [7, 11) is 3.94. The van der Waals surface area contributed by atoms with E-state index in [1.54, 1.807) is 0 Å². The van der Waals surface area contributed by atoms with Gasteiger partial charge in [0.05, 0.1) is 18.5 Å². The van der Waals surface area contributed by atoms with Crippen molar-refractivity contribution >= 4 is 0 Å². The van der Waals surface area contributed by atoms with Crippen molar-refractivity contribution in [3.63, 3.8) is 0 Å². The standard InChI is InChI=1S/C14H20N2O/c1-11-6-5-7-12(2)14(11)17-10-13(8-9-15)16(3)4/h5-7,13H,8,10H2,1-4H3. The predicted octanol–water partition coefficient (Wildman–Crippen LogP) is 2.53. The van der Waals surface area contributed by atoms with Crippen molar-refractivity contribution in [1.29, 1.82) is 5.26 Å². The van der Waals surface area contributed by atoms with Gasteiger partial charge >= 0.3 is 0 Å². The second-order valence-corrected chi connectivity index (χ2v) is 4.51. The van der Waals surface area contributed by atoms with Crippen molar-refractivity contribution in [2.45, 2.75) is 26.3 Å². The Bertz CT molecular complexity index is 387. The van der Waals surface area contributed by atoms with Gasteiger partial charge in [0.2, 0.25) is 0 Å². The third kappa shape index (κ3) is 3.76. The molecule has 0 radical (unpaired) electrons. The molecule has 1 aromatic carbocycles. The van der Waals surface area contributed by atoms with Gasteiger partial charge in [0.25, 0.3) is 0 Å². The van der Waals surface area contributed by atoms with Crippen LogP contribution in [0.4, 0.5) is 0 Å². The van der Waals surface area contributed by atoms with Crippen LogP contribution in [0, 0.1) is 25.2 Å². The minimum atomic E-state index is 0.138. The van der Waals surface area contributed by atoms with Gasteiger partial charge in [-0.15, -0.1) is 0 Å². The number of benzene rings is 1. The topological polar surface area (TPSA) is 36.3 Å². The van der Waals surface area contributed by atoms with Gasteiger partial charge in [-0.25, -0.2) is 0 Å². The van der Waals surface area contributed by atoms with E-state index in [9.17, 15) is 0 Å². The summed E-state index contributed by atoms with van der Waals surface area (Å²) in [6, 6.07) is 8.43. The lowest BCUT2D eigenvalue weighted by Crippen LogP contribution is -2.33. The van der Waals surface area contributed by atoms with E-state index >= 15 is 0 Å². The molecule has 0 aliphatic rings. The average Bonchev–Trinajstić information content (AvgIpc) is 2.26. The molecular weight excluding hydrogens is 212 g/mol. The zero-order valence-electron chi connectivity index (χ0n) is 11.0. The maximum atomic E-state index is 8.76. The van der Waals surface area contributed by atoms with Crippen molar-refractivity contribution in [3.05, 3.63) is 29.3 Å². The van der Waals surface area contributed by atoms with Crippen LogP contribution in [0.3, 0.4) is 0 Å². The Morgan fingerprint density at radius 2 is 1.88 bits per heavy atom. The van der Waals surface area contributed by atoms with E-state index in [1.165, 1.54) is 0 Å². The molecule has 0 spiro atoms. The molecule has 0 fully saturated rings. The number of ether oxygens (including phenoxy) is 1. The molecule has 0 aliphatic heterocycles. The molecule has 3 nitrogen and oxygen atoms in total. The Hall–Kier alpha value is -1.53. The van der Waals surface area contributed by atoms with Crippen LogP contribution in [-0.4, -0.2) is 31.6 Å². The molecule has 17 heavy (non-hydrogen) atoms. The van der Waals surface area contributed by atoms with E-state index in [0.29, 0.717) is 13.0 Å². The number of hydrogen-bond donors (Lipinski definition) is 0. The van der Waals surface area contributed by atoms with Crippen LogP contribution in [0.2, 0.25) is 0 Å². The van der Waals surface area contributed by atoms with Gasteiger partial charge in [0.15, 0.2) is 0 Å². The van der Waals surface area contributed by atoms with Crippen LogP contribution in [-0.2, 0) is 0 Å². The highest BCUT2D eigenvalue weighted by atomic mass is 16.5. The van der Waals surface area contributed by atoms with Crippen molar-refractivity contribution in [2.75, 3.05) is 20.7 Å². The van der Waals surface area contributed by atoms with Gasteiger partial charge in [-0.1, -0.05) is 18.2 Å². The van der Waals surface area contributed by atoms with Crippen molar-refractivity contribution in [3.8, 4) is 11.8 Å². The minimum Gasteiger partial charge on any atom is -0.491 e. The SMILES string of the molecule is Cc1cccc(C)c1OCC(CC#N)N(C)C. The van der Waals surface area contributed by atoms with E-state index in [4.69, 9.17) is 10.00 Å². The first-order valence-corrected chi connectivity index (χ1v) is 5.78. The molecule has 0 amide bonds. The normalized spacial score (nSPS) is 12.2. The highest BCUT2D eigenvalue weighted by Gasteiger charge is 2.13. The second-order valence-electron chi connectivity index (χ2n) is 4.51. The molecular formula is C14H20N2O. The summed E-state index contributed by atoms with van der Waals surface area (Å²) < 4.78 is 5.85. The molecule has 1 aromatic rings.